The Bertz CT molecular complexity index is 203. The monoisotopic (exact) mass is 205 g/mol. The summed E-state index contributed by atoms with van der Waals surface area (Å²) in [6.45, 7) is -0.0610. The lowest BCUT2D eigenvalue weighted by Crippen LogP contribution is -2.57. The fourth-order valence-corrected chi connectivity index (χ4v) is 1.67. The van der Waals surface area contributed by atoms with Gasteiger partial charge in [0.1, 0.15) is 26.3 Å². The largest absolute Gasteiger partial charge is 0.362 e. The molecule has 82 valence electrons. The number of hydroxylamine groups is 3. The number of amides is 1. The summed E-state index contributed by atoms with van der Waals surface area (Å²) in [5.74, 6) is -0.331. The van der Waals surface area contributed by atoms with Gasteiger partial charge in [0.05, 0.1) is 0 Å². The SMILES string of the molecule is C[N+](O)(CCF)C(=O)[C@@H]1CCCCN1. The molecule has 0 radical (unpaired) electrons. The average Bonchev–Trinajstić information content (AvgIpc) is 2.18. The van der Waals surface area contributed by atoms with Gasteiger partial charge < -0.3 is 5.32 Å². The van der Waals surface area contributed by atoms with E-state index in [0.717, 1.165) is 25.8 Å². The molecule has 0 saturated carbocycles. The third-order valence-electron chi connectivity index (χ3n) is 2.60. The van der Waals surface area contributed by atoms with Gasteiger partial charge in [-0.25, -0.2) is 14.4 Å². The van der Waals surface area contributed by atoms with E-state index in [2.05, 4.69) is 5.32 Å². The number of carbonyl (C=O) groups excluding carboxylic acids is 1. The Labute approximate surface area is 83.2 Å². The number of nitrogens with zero attached hydrogens (tertiary/aromatic N) is 1. The first-order chi connectivity index (χ1) is 6.58. The molecule has 4 nitrogen and oxygen atoms in total. The molecule has 1 saturated heterocycles. The molecular weight excluding hydrogens is 187 g/mol. The number of quaternary nitrogens is 1. The number of nitrogens with one attached hydrogen (secondary N) is 1. The van der Waals surface area contributed by atoms with Crippen LogP contribution >= 0.6 is 0 Å². The molecule has 14 heavy (non-hydrogen) atoms. The Morgan fingerprint density at radius 1 is 1.64 bits per heavy atom. The minimum absolute atomic E-state index is 0.170. The molecule has 0 spiro atoms. The van der Waals surface area contributed by atoms with Gasteiger partial charge in [-0.05, 0) is 25.8 Å². The number of piperidine rings is 1. The van der Waals surface area contributed by atoms with Gasteiger partial charge in [0.25, 0.3) is 0 Å². The Hall–Kier alpha value is -0.520. The highest BCUT2D eigenvalue weighted by Gasteiger charge is 2.37. The normalized spacial score (nSPS) is 26.9. The van der Waals surface area contributed by atoms with Crippen LogP contribution in [0.5, 0.6) is 0 Å². The smallest absolute Gasteiger partial charge is 0.302 e. The molecule has 2 atom stereocenters. The van der Waals surface area contributed by atoms with Gasteiger partial charge in [0, 0.05) is 0 Å². The molecule has 1 fully saturated rings. The van der Waals surface area contributed by atoms with Crippen molar-refractivity contribution in [3.8, 4) is 0 Å². The summed E-state index contributed by atoms with van der Waals surface area (Å²) in [4.78, 5) is 11.7. The van der Waals surface area contributed by atoms with Crippen LogP contribution in [0, 0.1) is 0 Å². The lowest BCUT2D eigenvalue weighted by Gasteiger charge is -2.28. The zero-order valence-corrected chi connectivity index (χ0v) is 8.50. The standard InChI is InChI=1S/C9H18FN2O2/c1-12(14,7-5-10)9(13)8-4-2-3-6-11-8/h8,11,14H,2-7H2,1H3/q+1/t8-,12?/m0/s1. The average molecular weight is 205 g/mol. The zero-order chi connectivity index (χ0) is 10.6. The van der Waals surface area contributed by atoms with Gasteiger partial charge in [0.2, 0.25) is 0 Å². The number of hydrogen-bond acceptors (Lipinski definition) is 3. The van der Waals surface area contributed by atoms with Crippen LogP contribution in [-0.2, 0) is 4.79 Å². The number of alkyl halides is 1. The molecule has 0 bridgehead atoms. The Kier molecular flexibility index (Phi) is 3.97. The fourth-order valence-electron chi connectivity index (χ4n) is 1.67. The Balaban J connectivity index is 2.53. The molecule has 0 aromatic carbocycles. The molecule has 1 amide bonds. The summed E-state index contributed by atoms with van der Waals surface area (Å²) in [5, 5.41) is 12.7. The van der Waals surface area contributed by atoms with Crippen LogP contribution in [-0.4, -0.2) is 48.6 Å². The predicted octanol–water partition coefficient (Wildman–Crippen LogP) is 0.460. The van der Waals surface area contributed by atoms with E-state index in [0.29, 0.717) is 0 Å². The van der Waals surface area contributed by atoms with Crippen molar-refractivity contribution in [2.24, 2.45) is 0 Å². The zero-order valence-electron chi connectivity index (χ0n) is 8.50. The summed E-state index contributed by atoms with van der Waals surface area (Å²) in [6.07, 6.45) is 2.78. The second-order valence-electron chi connectivity index (χ2n) is 3.89. The highest BCUT2D eigenvalue weighted by molar-refractivity contribution is 5.74. The van der Waals surface area contributed by atoms with Gasteiger partial charge in [-0.1, -0.05) is 0 Å². The minimum atomic E-state index is -0.853. The predicted molar refractivity (Wildman–Crippen MR) is 49.5 cm³/mol. The first-order valence-corrected chi connectivity index (χ1v) is 5.00. The molecule has 1 unspecified atom stereocenters. The second kappa shape index (κ2) is 4.82. The fraction of sp³-hybridized carbons (Fsp3) is 0.889. The Morgan fingerprint density at radius 2 is 2.36 bits per heavy atom. The summed E-state index contributed by atoms with van der Waals surface area (Å²) < 4.78 is 11.2. The maximum absolute atomic E-state index is 12.1. The number of halogens is 1. The van der Waals surface area contributed by atoms with Gasteiger partial charge >= 0.3 is 5.91 Å². The van der Waals surface area contributed by atoms with E-state index in [4.69, 9.17) is 0 Å². The van der Waals surface area contributed by atoms with E-state index in [9.17, 15) is 14.4 Å². The molecule has 1 heterocycles. The van der Waals surface area contributed by atoms with E-state index < -0.39 is 11.3 Å². The van der Waals surface area contributed by atoms with Gasteiger partial charge in [-0.2, -0.15) is 0 Å². The summed E-state index contributed by atoms with van der Waals surface area (Å²) in [6, 6.07) is -0.315. The number of hydrogen-bond donors (Lipinski definition) is 2. The molecule has 1 aliphatic rings. The van der Waals surface area contributed by atoms with Crippen LogP contribution < -0.4 is 5.32 Å². The van der Waals surface area contributed by atoms with Crippen LogP contribution in [0.15, 0.2) is 0 Å². The first-order valence-electron chi connectivity index (χ1n) is 5.00. The molecule has 2 N–H and O–H groups in total. The molecular formula is C9H18FN2O2+. The van der Waals surface area contributed by atoms with Crippen molar-refractivity contribution in [3.63, 3.8) is 0 Å². The van der Waals surface area contributed by atoms with Crippen LogP contribution in [0.25, 0.3) is 0 Å². The molecule has 1 rings (SSSR count). The van der Waals surface area contributed by atoms with Crippen LogP contribution in [0.4, 0.5) is 4.39 Å². The summed E-state index contributed by atoms with van der Waals surface area (Å²) in [7, 11) is 1.33. The second-order valence-corrected chi connectivity index (χ2v) is 3.89. The molecule has 5 heteroatoms. The van der Waals surface area contributed by atoms with Gasteiger partial charge in [-0.3, -0.25) is 0 Å². The van der Waals surface area contributed by atoms with Crippen molar-refractivity contribution in [1.29, 1.82) is 0 Å². The molecule has 0 aromatic rings. The van der Waals surface area contributed by atoms with E-state index >= 15 is 0 Å². The first kappa shape index (κ1) is 11.6. The number of rotatable bonds is 3. The number of likely N-dealkylation sites (N-methyl/N-ethyl adjacent to an activating group) is 1. The maximum atomic E-state index is 12.1. The van der Waals surface area contributed by atoms with Crippen molar-refractivity contribution >= 4 is 5.91 Å². The highest BCUT2D eigenvalue weighted by atomic mass is 19.1. The molecule has 0 aliphatic carbocycles. The lowest BCUT2D eigenvalue weighted by atomic mass is 10.0. The third kappa shape index (κ3) is 2.73. The highest BCUT2D eigenvalue weighted by Crippen LogP contribution is 2.12. The van der Waals surface area contributed by atoms with E-state index in [-0.39, 0.29) is 18.5 Å². The van der Waals surface area contributed by atoms with Crippen LogP contribution in [0.2, 0.25) is 0 Å². The van der Waals surface area contributed by atoms with E-state index in [1.165, 1.54) is 7.05 Å². The summed E-state index contributed by atoms with van der Waals surface area (Å²) >= 11 is 0. The van der Waals surface area contributed by atoms with Crippen molar-refractivity contribution in [2.75, 3.05) is 26.8 Å². The topological polar surface area (TPSA) is 49.3 Å². The lowest BCUT2D eigenvalue weighted by molar-refractivity contribution is -1.02. The van der Waals surface area contributed by atoms with Crippen LogP contribution in [0.3, 0.4) is 0 Å². The van der Waals surface area contributed by atoms with Crippen molar-refractivity contribution < 1.29 is 19.0 Å². The Morgan fingerprint density at radius 3 is 2.86 bits per heavy atom. The van der Waals surface area contributed by atoms with Gasteiger partial charge in [0.15, 0.2) is 0 Å². The van der Waals surface area contributed by atoms with E-state index in [1.54, 1.807) is 0 Å². The number of carbonyl (C=O) groups is 1. The molecule has 1 aliphatic heterocycles. The van der Waals surface area contributed by atoms with Crippen LogP contribution in [0.1, 0.15) is 19.3 Å². The van der Waals surface area contributed by atoms with Crippen molar-refractivity contribution in [1.82, 2.24) is 5.32 Å². The third-order valence-corrected chi connectivity index (χ3v) is 2.60. The van der Waals surface area contributed by atoms with Gasteiger partial charge in [-0.15, -0.1) is 4.65 Å². The van der Waals surface area contributed by atoms with E-state index in [1.807, 2.05) is 0 Å². The summed E-state index contributed by atoms with van der Waals surface area (Å²) in [5.41, 5.74) is 0. The maximum Gasteiger partial charge on any atom is 0.362 e. The van der Waals surface area contributed by atoms with Crippen molar-refractivity contribution in [2.45, 2.75) is 25.3 Å². The van der Waals surface area contributed by atoms with Crippen molar-refractivity contribution in [3.05, 3.63) is 0 Å². The quantitative estimate of drug-likeness (QED) is 0.400. The minimum Gasteiger partial charge on any atom is -0.302 e. The molecule has 0 aromatic heterocycles.